The molecule has 0 aliphatic heterocycles. The molecule has 0 bridgehead atoms. The van der Waals surface area contributed by atoms with E-state index in [2.05, 4.69) is 4.40 Å². The predicted molar refractivity (Wildman–Crippen MR) is 80.5 cm³/mol. The van der Waals surface area contributed by atoms with Crippen LogP contribution >= 0.6 is 23.2 Å². The molecule has 0 amide bonds. The van der Waals surface area contributed by atoms with Gasteiger partial charge in [0.15, 0.2) is 0 Å². The lowest BCUT2D eigenvalue weighted by Gasteiger charge is -2.06. The monoisotopic (exact) mass is 345 g/mol. The number of rotatable bonds is 3. The Kier molecular flexibility index (Phi) is 4.51. The summed E-state index contributed by atoms with van der Waals surface area (Å²) in [4.78, 5) is 11.3. The zero-order chi connectivity index (χ0) is 15.6. The predicted octanol–water partition coefficient (Wildman–Crippen LogP) is 2.65. The molecule has 1 aromatic rings. The van der Waals surface area contributed by atoms with Gasteiger partial charge in [0, 0.05) is 0 Å². The Bertz CT molecular complexity index is 753. The molecule has 1 aliphatic rings. The topological polar surface area (TPSA) is 72.8 Å². The minimum atomic E-state index is -3.93. The molecule has 0 radical (unpaired) electrons. The third kappa shape index (κ3) is 3.53. The molecule has 0 unspecified atom stereocenters. The van der Waals surface area contributed by atoms with Gasteiger partial charge in [0.25, 0.3) is 10.0 Å². The first-order valence-corrected chi connectivity index (χ1v) is 7.81. The summed E-state index contributed by atoms with van der Waals surface area (Å²) >= 11 is 11.3. The smallest absolute Gasteiger partial charge is 0.282 e. The number of allylic oxidation sites excluding steroid dienone is 4. The van der Waals surface area contributed by atoms with E-state index in [-0.39, 0.29) is 20.7 Å². The molecule has 0 fully saturated rings. The Morgan fingerprint density at radius 1 is 1.05 bits per heavy atom. The number of benzene rings is 1. The number of hydrogen-bond donors (Lipinski definition) is 0. The summed E-state index contributed by atoms with van der Waals surface area (Å²) in [6.07, 6.45) is 2.30. The first-order valence-electron chi connectivity index (χ1n) is 5.61. The fourth-order valence-electron chi connectivity index (χ4n) is 1.54. The number of ether oxygens (including phenoxy) is 1. The molecule has 110 valence electrons. The summed E-state index contributed by atoms with van der Waals surface area (Å²) in [5, 5.41) is -0.377. The fraction of sp³-hybridized carbons (Fsp3) is 0.0769. The third-order valence-corrected chi connectivity index (χ3v) is 4.45. The van der Waals surface area contributed by atoms with Gasteiger partial charge in [-0.15, -0.1) is 0 Å². The number of carbonyl (C=O) groups excluding carboxylic acids is 1. The highest BCUT2D eigenvalue weighted by atomic mass is 35.5. The Morgan fingerprint density at radius 3 is 2.05 bits per heavy atom. The van der Waals surface area contributed by atoms with Crippen molar-refractivity contribution in [2.75, 3.05) is 7.11 Å². The molecular formula is C13H9Cl2NO4S. The maximum absolute atomic E-state index is 12.1. The first-order chi connectivity index (χ1) is 9.83. The van der Waals surface area contributed by atoms with Crippen molar-refractivity contribution in [1.29, 1.82) is 0 Å². The van der Waals surface area contributed by atoms with E-state index in [4.69, 9.17) is 27.9 Å². The Labute approximate surface area is 131 Å². The highest BCUT2D eigenvalue weighted by Gasteiger charge is 2.20. The molecule has 8 heteroatoms. The van der Waals surface area contributed by atoms with E-state index in [0.717, 1.165) is 12.2 Å². The average molecular weight is 346 g/mol. The summed E-state index contributed by atoms with van der Waals surface area (Å²) in [5.74, 6) is -0.0464. The number of methoxy groups -OCH3 is 1. The lowest BCUT2D eigenvalue weighted by atomic mass is 10.1. The number of hydrogen-bond acceptors (Lipinski definition) is 4. The highest BCUT2D eigenvalue weighted by molar-refractivity contribution is 7.90. The number of sulfonamides is 1. The molecule has 0 spiro atoms. The van der Waals surface area contributed by atoms with Gasteiger partial charge in [-0.05, 0) is 36.4 Å². The zero-order valence-electron chi connectivity index (χ0n) is 10.7. The van der Waals surface area contributed by atoms with Crippen LogP contribution in [0.25, 0.3) is 0 Å². The Balaban J connectivity index is 2.41. The molecule has 0 atom stereocenters. The van der Waals surface area contributed by atoms with E-state index in [9.17, 15) is 13.2 Å². The highest BCUT2D eigenvalue weighted by Crippen LogP contribution is 2.22. The summed E-state index contributed by atoms with van der Waals surface area (Å²) in [5.41, 5.74) is -0.0135. The van der Waals surface area contributed by atoms with Crippen molar-refractivity contribution in [3.63, 3.8) is 0 Å². The number of ketones is 1. The van der Waals surface area contributed by atoms with Crippen LogP contribution in [-0.4, -0.2) is 27.0 Å². The molecule has 0 saturated heterocycles. The molecule has 2 rings (SSSR count). The van der Waals surface area contributed by atoms with Crippen LogP contribution in [0.4, 0.5) is 0 Å². The van der Waals surface area contributed by atoms with Gasteiger partial charge in [-0.3, -0.25) is 4.79 Å². The lowest BCUT2D eigenvalue weighted by Crippen LogP contribution is -2.10. The van der Waals surface area contributed by atoms with Crippen LogP contribution in [-0.2, 0) is 14.8 Å². The van der Waals surface area contributed by atoms with E-state index in [1.54, 1.807) is 0 Å². The molecule has 0 saturated carbocycles. The summed E-state index contributed by atoms with van der Waals surface area (Å²) < 4.78 is 32.8. The molecule has 0 N–H and O–H groups in total. The number of Topliss-reactive ketones (excluding diaryl/α,β-unsaturated/α-hetero) is 1. The molecule has 1 aliphatic carbocycles. The first kappa shape index (κ1) is 15.8. The second-order valence-electron chi connectivity index (χ2n) is 3.98. The minimum Gasteiger partial charge on any atom is -0.497 e. The van der Waals surface area contributed by atoms with Crippen molar-refractivity contribution in [3.05, 3.63) is 46.5 Å². The SMILES string of the molecule is COc1ccc(S(=O)(=O)N=C2C=C(Cl)C(=O)C(Cl)=C2)cc1. The summed E-state index contributed by atoms with van der Waals surface area (Å²) in [6.45, 7) is 0. The van der Waals surface area contributed by atoms with Crippen LogP contribution in [0.1, 0.15) is 0 Å². The zero-order valence-corrected chi connectivity index (χ0v) is 13.0. The summed E-state index contributed by atoms with van der Waals surface area (Å²) in [6, 6.07) is 5.73. The van der Waals surface area contributed by atoms with Gasteiger partial charge in [-0.25, -0.2) is 0 Å². The quantitative estimate of drug-likeness (QED) is 0.789. The van der Waals surface area contributed by atoms with Crippen molar-refractivity contribution in [1.82, 2.24) is 0 Å². The lowest BCUT2D eigenvalue weighted by molar-refractivity contribution is -0.111. The maximum atomic E-state index is 12.1. The van der Waals surface area contributed by atoms with Crippen molar-refractivity contribution >= 4 is 44.7 Å². The largest absolute Gasteiger partial charge is 0.497 e. The number of halogens is 2. The summed E-state index contributed by atoms with van der Waals surface area (Å²) in [7, 11) is -2.46. The maximum Gasteiger partial charge on any atom is 0.282 e. The fourth-order valence-corrected chi connectivity index (χ4v) is 2.98. The van der Waals surface area contributed by atoms with Crippen LogP contribution in [0.2, 0.25) is 0 Å². The minimum absolute atomic E-state index is 0.0123. The molecular weight excluding hydrogens is 337 g/mol. The number of carbonyl (C=O) groups is 1. The van der Waals surface area contributed by atoms with Crippen LogP contribution < -0.4 is 4.74 Å². The van der Waals surface area contributed by atoms with Crippen LogP contribution in [0, 0.1) is 0 Å². The normalized spacial score (nSPS) is 15.4. The van der Waals surface area contributed by atoms with E-state index in [1.165, 1.54) is 31.4 Å². The van der Waals surface area contributed by atoms with Gasteiger partial charge < -0.3 is 4.74 Å². The second kappa shape index (κ2) is 6.01. The van der Waals surface area contributed by atoms with Crippen molar-refractivity contribution < 1.29 is 17.9 Å². The van der Waals surface area contributed by atoms with Gasteiger partial charge in [0.05, 0.1) is 27.8 Å². The van der Waals surface area contributed by atoms with Crippen molar-refractivity contribution in [2.24, 2.45) is 4.40 Å². The molecule has 0 heterocycles. The molecule has 1 aromatic carbocycles. The van der Waals surface area contributed by atoms with Crippen LogP contribution in [0.5, 0.6) is 5.75 Å². The van der Waals surface area contributed by atoms with Crippen LogP contribution in [0.15, 0.2) is 55.8 Å². The van der Waals surface area contributed by atoms with Gasteiger partial charge in [-0.2, -0.15) is 12.8 Å². The molecule has 21 heavy (non-hydrogen) atoms. The van der Waals surface area contributed by atoms with Gasteiger partial charge >= 0.3 is 0 Å². The van der Waals surface area contributed by atoms with Crippen molar-refractivity contribution in [2.45, 2.75) is 4.90 Å². The molecule has 0 aromatic heterocycles. The van der Waals surface area contributed by atoms with Crippen molar-refractivity contribution in [3.8, 4) is 5.75 Å². The van der Waals surface area contributed by atoms with Gasteiger partial charge in [0.1, 0.15) is 5.75 Å². The van der Waals surface area contributed by atoms with E-state index in [0.29, 0.717) is 5.75 Å². The standard InChI is InChI=1S/C13H9Cl2NO4S/c1-20-9-2-4-10(5-3-9)21(18,19)16-8-6-11(14)13(17)12(15)7-8/h2-7H,1H3. The second-order valence-corrected chi connectivity index (χ2v) is 6.40. The van der Waals surface area contributed by atoms with E-state index >= 15 is 0 Å². The van der Waals surface area contributed by atoms with Gasteiger partial charge in [-0.1, -0.05) is 23.2 Å². The van der Waals surface area contributed by atoms with E-state index in [1.807, 2.05) is 0 Å². The third-order valence-electron chi connectivity index (χ3n) is 2.57. The number of nitrogens with zero attached hydrogens (tertiary/aromatic N) is 1. The Hall–Kier alpha value is -1.63. The van der Waals surface area contributed by atoms with Crippen LogP contribution in [0.3, 0.4) is 0 Å². The van der Waals surface area contributed by atoms with Gasteiger partial charge in [0.2, 0.25) is 5.78 Å². The Morgan fingerprint density at radius 2 is 1.57 bits per heavy atom. The average Bonchev–Trinajstić information content (AvgIpc) is 2.44. The van der Waals surface area contributed by atoms with E-state index < -0.39 is 15.8 Å². The molecule has 5 nitrogen and oxygen atoms in total.